The summed E-state index contributed by atoms with van der Waals surface area (Å²) in [6.07, 6.45) is 6.69. The zero-order valence-corrected chi connectivity index (χ0v) is 14.4. The van der Waals surface area contributed by atoms with Crippen molar-refractivity contribution in [1.82, 2.24) is 19.9 Å². The van der Waals surface area contributed by atoms with Crippen LogP contribution in [-0.4, -0.2) is 27.0 Å². The van der Waals surface area contributed by atoms with Crippen LogP contribution < -0.4 is 5.32 Å². The number of rotatable bonds is 4. The molecule has 0 spiro atoms. The van der Waals surface area contributed by atoms with Crippen LogP contribution in [0.15, 0.2) is 42.6 Å². The summed E-state index contributed by atoms with van der Waals surface area (Å²) in [5.41, 5.74) is 3.58. The molecule has 1 aromatic carbocycles. The van der Waals surface area contributed by atoms with Gasteiger partial charge in [-0.2, -0.15) is 0 Å². The minimum atomic E-state index is -0.0417. The standard InChI is InChI=1S/C20H22N4O/c1-2-21-20(25)15-11-9-14(10-12-15)18-23-17-8-5-13-22-19(17)24(18)16-6-3-4-7-16/h5,8-13,16H,2-4,6-7H2,1H3,(H,21,25). The lowest BCUT2D eigenvalue weighted by atomic mass is 10.1. The third-order valence-corrected chi connectivity index (χ3v) is 4.88. The van der Waals surface area contributed by atoms with Crippen molar-refractivity contribution in [3.05, 3.63) is 48.2 Å². The number of nitrogens with one attached hydrogen (secondary N) is 1. The Labute approximate surface area is 147 Å². The van der Waals surface area contributed by atoms with Crippen molar-refractivity contribution in [1.29, 1.82) is 0 Å². The molecule has 0 bridgehead atoms. The second-order valence-corrected chi connectivity index (χ2v) is 6.53. The van der Waals surface area contributed by atoms with Gasteiger partial charge in [0.1, 0.15) is 11.3 Å². The van der Waals surface area contributed by atoms with Gasteiger partial charge in [0.25, 0.3) is 5.91 Å². The summed E-state index contributed by atoms with van der Waals surface area (Å²) in [5.74, 6) is 0.906. The number of imidazole rings is 1. The highest BCUT2D eigenvalue weighted by molar-refractivity contribution is 5.94. The van der Waals surface area contributed by atoms with Gasteiger partial charge in [-0.05, 0) is 44.0 Å². The van der Waals surface area contributed by atoms with Crippen molar-refractivity contribution in [2.75, 3.05) is 6.54 Å². The predicted octanol–water partition coefficient (Wildman–Crippen LogP) is 3.96. The topological polar surface area (TPSA) is 59.8 Å². The molecule has 2 heterocycles. The van der Waals surface area contributed by atoms with E-state index in [2.05, 4.69) is 14.9 Å². The first-order valence-electron chi connectivity index (χ1n) is 8.99. The Morgan fingerprint density at radius 1 is 1.20 bits per heavy atom. The lowest BCUT2D eigenvalue weighted by molar-refractivity contribution is 0.0956. The summed E-state index contributed by atoms with van der Waals surface area (Å²) in [5, 5.41) is 2.83. The van der Waals surface area contributed by atoms with E-state index in [1.54, 1.807) is 0 Å². The number of hydrogen-bond donors (Lipinski definition) is 1. The van der Waals surface area contributed by atoms with Crippen molar-refractivity contribution < 1.29 is 4.79 Å². The SMILES string of the molecule is CCNC(=O)c1ccc(-c2nc3cccnc3n2C2CCCC2)cc1. The molecule has 0 radical (unpaired) electrons. The monoisotopic (exact) mass is 334 g/mol. The minimum absolute atomic E-state index is 0.0417. The van der Waals surface area contributed by atoms with E-state index in [4.69, 9.17) is 4.98 Å². The first kappa shape index (κ1) is 15.8. The highest BCUT2D eigenvalue weighted by atomic mass is 16.1. The van der Waals surface area contributed by atoms with Gasteiger partial charge in [-0.1, -0.05) is 25.0 Å². The number of carbonyl (C=O) groups excluding carboxylic acids is 1. The quantitative estimate of drug-likeness (QED) is 0.785. The summed E-state index contributed by atoms with van der Waals surface area (Å²) in [4.78, 5) is 21.4. The fourth-order valence-corrected chi connectivity index (χ4v) is 3.67. The zero-order valence-electron chi connectivity index (χ0n) is 14.4. The van der Waals surface area contributed by atoms with Gasteiger partial charge >= 0.3 is 0 Å². The van der Waals surface area contributed by atoms with E-state index >= 15 is 0 Å². The lowest BCUT2D eigenvalue weighted by Crippen LogP contribution is -2.22. The van der Waals surface area contributed by atoms with Gasteiger partial charge in [-0.15, -0.1) is 0 Å². The maximum atomic E-state index is 12.0. The van der Waals surface area contributed by atoms with Gasteiger partial charge in [-0.3, -0.25) is 4.79 Å². The summed E-state index contributed by atoms with van der Waals surface area (Å²) in [6, 6.07) is 12.1. The summed E-state index contributed by atoms with van der Waals surface area (Å²) in [6.45, 7) is 2.55. The van der Waals surface area contributed by atoms with Crippen LogP contribution in [-0.2, 0) is 0 Å². The molecule has 0 unspecified atom stereocenters. The Morgan fingerprint density at radius 2 is 1.96 bits per heavy atom. The highest BCUT2D eigenvalue weighted by Crippen LogP contribution is 2.36. The fourth-order valence-electron chi connectivity index (χ4n) is 3.67. The fraction of sp³-hybridized carbons (Fsp3) is 0.350. The van der Waals surface area contributed by atoms with Crippen LogP contribution in [0.3, 0.4) is 0 Å². The summed E-state index contributed by atoms with van der Waals surface area (Å²) in [7, 11) is 0. The van der Waals surface area contributed by atoms with Gasteiger partial charge in [-0.25, -0.2) is 9.97 Å². The average Bonchev–Trinajstić information content (AvgIpc) is 3.29. The smallest absolute Gasteiger partial charge is 0.251 e. The largest absolute Gasteiger partial charge is 0.352 e. The van der Waals surface area contributed by atoms with E-state index in [9.17, 15) is 4.79 Å². The number of aromatic nitrogens is 3. The van der Waals surface area contributed by atoms with Crippen molar-refractivity contribution >= 4 is 17.1 Å². The van der Waals surface area contributed by atoms with Crippen molar-refractivity contribution in [2.45, 2.75) is 38.6 Å². The van der Waals surface area contributed by atoms with Gasteiger partial charge in [0.15, 0.2) is 5.65 Å². The van der Waals surface area contributed by atoms with Crippen LogP contribution in [0, 0.1) is 0 Å². The van der Waals surface area contributed by atoms with Crippen molar-refractivity contribution in [3.63, 3.8) is 0 Å². The number of nitrogens with zero attached hydrogens (tertiary/aromatic N) is 3. The molecule has 0 atom stereocenters. The summed E-state index contributed by atoms with van der Waals surface area (Å²) >= 11 is 0. The molecule has 1 N–H and O–H groups in total. The normalized spacial score (nSPS) is 14.9. The number of fused-ring (bicyclic) bond motifs is 1. The molecule has 25 heavy (non-hydrogen) atoms. The van der Waals surface area contributed by atoms with Gasteiger partial charge < -0.3 is 9.88 Å². The molecule has 128 valence electrons. The Balaban J connectivity index is 1.78. The van der Waals surface area contributed by atoms with Crippen LogP contribution in [0.1, 0.15) is 49.0 Å². The van der Waals surface area contributed by atoms with E-state index in [0.29, 0.717) is 18.2 Å². The molecular formula is C20H22N4O. The molecule has 1 fully saturated rings. The molecule has 3 aromatic rings. The molecule has 5 nitrogen and oxygen atoms in total. The van der Waals surface area contributed by atoms with Crippen LogP contribution in [0.5, 0.6) is 0 Å². The molecule has 5 heteroatoms. The van der Waals surface area contributed by atoms with E-state index < -0.39 is 0 Å². The highest BCUT2D eigenvalue weighted by Gasteiger charge is 2.24. The Kier molecular flexibility index (Phi) is 4.22. The maximum Gasteiger partial charge on any atom is 0.251 e. The van der Waals surface area contributed by atoms with E-state index in [1.807, 2.05) is 49.5 Å². The average molecular weight is 334 g/mol. The van der Waals surface area contributed by atoms with Crippen LogP contribution >= 0.6 is 0 Å². The molecule has 1 aliphatic rings. The number of pyridine rings is 1. The first-order valence-corrected chi connectivity index (χ1v) is 8.99. The molecule has 4 rings (SSSR count). The third kappa shape index (κ3) is 2.90. The van der Waals surface area contributed by atoms with Crippen molar-refractivity contribution in [3.8, 4) is 11.4 Å². The molecule has 2 aromatic heterocycles. The van der Waals surface area contributed by atoms with Gasteiger partial charge in [0, 0.05) is 29.9 Å². The number of amides is 1. The molecule has 0 saturated heterocycles. The Morgan fingerprint density at radius 3 is 2.68 bits per heavy atom. The molecule has 0 aliphatic heterocycles. The summed E-state index contributed by atoms with van der Waals surface area (Å²) < 4.78 is 2.30. The maximum absolute atomic E-state index is 12.0. The van der Waals surface area contributed by atoms with E-state index in [1.165, 1.54) is 25.7 Å². The Hall–Kier alpha value is -2.69. The van der Waals surface area contributed by atoms with Gasteiger partial charge in [0.2, 0.25) is 0 Å². The van der Waals surface area contributed by atoms with E-state index in [0.717, 1.165) is 22.6 Å². The van der Waals surface area contributed by atoms with Gasteiger partial charge in [0.05, 0.1) is 0 Å². The second kappa shape index (κ2) is 6.67. The number of hydrogen-bond acceptors (Lipinski definition) is 3. The minimum Gasteiger partial charge on any atom is -0.352 e. The molecular weight excluding hydrogens is 312 g/mol. The molecule has 1 saturated carbocycles. The number of benzene rings is 1. The molecule has 1 amide bonds. The predicted molar refractivity (Wildman–Crippen MR) is 98.5 cm³/mol. The first-order chi connectivity index (χ1) is 12.3. The van der Waals surface area contributed by atoms with Crippen LogP contribution in [0.4, 0.5) is 0 Å². The second-order valence-electron chi connectivity index (χ2n) is 6.53. The van der Waals surface area contributed by atoms with E-state index in [-0.39, 0.29) is 5.91 Å². The number of carbonyl (C=O) groups is 1. The third-order valence-electron chi connectivity index (χ3n) is 4.88. The zero-order chi connectivity index (χ0) is 17.2. The van der Waals surface area contributed by atoms with Crippen LogP contribution in [0.25, 0.3) is 22.6 Å². The lowest BCUT2D eigenvalue weighted by Gasteiger charge is -2.16. The molecule has 1 aliphatic carbocycles. The van der Waals surface area contributed by atoms with Crippen molar-refractivity contribution in [2.24, 2.45) is 0 Å². The van der Waals surface area contributed by atoms with Crippen LogP contribution in [0.2, 0.25) is 0 Å². The Bertz CT molecular complexity index is 892.